The standard InChI is InChI=1S/C27H22ClFN2O3/c1-33-25-14-20(16-30-31-26(32)15-18-7-10-23(29)11-8-18)13-24(28)27(25)34-17-19-6-9-21-4-2-3-5-22(21)12-19/h2-14,16H,15,17H2,1H3,(H,31,32)/b30-16+. The van der Waals surface area contributed by atoms with E-state index in [0.717, 1.165) is 16.3 Å². The highest BCUT2D eigenvalue weighted by Crippen LogP contribution is 2.36. The molecule has 4 aromatic rings. The maximum Gasteiger partial charge on any atom is 0.244 e. The number of nitrogens with one attached hydrogen (secondary N) is 1. The number of halogens is 2. The molecular formula is C27H22ClFN2O3. The van der Waals surface area contributed by atoms with Crippen LogP contribution >= 0.6 is 11.6 Å². The highest BCUT2D eigenvalue weighted by atomic mass is 35.5. The maximum atomic E-state index is 13.0. The molecule has 0 aromatic heterocycles. The molecule has 0 spiro atoms. The summed E-state index contributed by atoms with van der Waals surface area (Å²) in [4.78, 5) is 12.0. The Morgan fingerprint density at radius 1 is 1.00 bits per heavy atom. The molecule has 172 valence electrons. The number of carbonyl (C=O) groups excluding carboxylic acids is 1. The van der Waals surface area contributed by atoms with Gasteiger partial charge in [0, 0.05) is 0 Å². The van der Waals surface area contributed by atoms with Crippen LogP contribution in [0.3, 0.4) is 0 Å². The van der Waals surface area contributed by atoms with E-state index in [2.05, 4.69) is 34.8 Å². The molecule has 0 heterocycles. The van der Waals surface area contributed by atoms with Gasteiger partial charge in [0.15, 0.2) is 11.5 Å². The lowest BCUT2D eigenvalue weighted by molar-refractivity contribution is -0.120. The van der Waals surface area contributed by atoms with Crippen LogP contribution in [-0.2, 0) is 17.8 Å². The van der Waals surface area contributed by atoms with E-state index in [1.807, 2.05) is 18.2 Å². The maximum absolute atomic E-state index is 13.0. The topological polar surface area (TPSA) is 59.9 Å². The minimum absolute atomic E-state index is 0.0866. The summed E-state index contributed by atoms with van der Waals surface area (Å²) in [7, 11) is 1.53. The predicted octanol–water partition coefficient (Wildman–Crippen LogP) is 5.91. The molecule has 0 aliphatic heterocycles. The van der Waals surface area contributed by atoms with Crippen LogP contribution in [0, 0.1) is 5.82 Å². The van der Waals surface area contributed by atoms with Crippen molar-refractivity contribution < 1.29 is 18.7 Å². The number of benzene rings is 4. The molecule has 0 unspecified atom stereocenters. The fourth-order valence-electron chi connectivity index (χ4n) is 3.44. The smallest absolute Gasteiger partial charge is 0.244 e. The number of hydrogen-bond donors (Lipinski definition) is 1. The molecule has 0 radical (unpaired) electrons. The molecule has 4 aromatic carbocycles. The number of ether oxygens (including phenoxy) is 2. The Bertz CT molecular complexity index is 1340. The van der Waals surface area contributed by atoms with Crippen molar-refractivity contribution in [3.8, 4) is 11.5 Å². The summed E-state index contributed by atoms with van der Waals surface area (Å²) in [5, 5.41) is 6.63. The number of hydrogen-bond acceptors (Lipinski definition) is 4. The molecule has 0 atom stereocenters. The van der Waals surface area contributed by atoms with E-state index in [0.29, 0.717) is 34.3 Å². The van der Waals surface area contributed by atoms with Gasteiger partial charge in [-0.05, 0) is 57.8 Å². The van der Waals surface area contributed by atoms with E-state index >= 15 is 0 Å². The largest absolute Gasteiger partial charge is 0.493 e. The van der Waals surface area contributed by atoms with Gasteiger partial charge in [-0.25, -0.2) is 9.82 Å². The third kappa shape index (κ3) is 5.91. The molecule has 7 heteroatoms. The second kappa shape index (κ2) is 10.8. The first kappa shape index (κ1) is 23.3. The Balaban J connectivity index is 1.40. The fourth-order valence-corrected chi connectivity index (χ4v) is 3.72. The summed E-state index contributed by atoms with van der Waals surface area (Å²) in [5.41, 5.74) is 4.77. The molecule has 0 aliphatic rings. The molecule has 5 nitrogen and oxygen atoms in total. The van der Waals surface area contributed by atoms with Crippen LogP contribution in [0.15, 0.2) is 84.0 Å². The summed E-state index contributed by atoms with van der Waals surface area (Å²) in [6, 6.07) is 23.4. The van der Waals surface area contributed by atoms with Gasteiger partial charge in [0.2, 0.25) is 5.91 Å². The first-order valence-corrected chi connectivity index (χ1v) is 10.9. The van der Waals surface area contributed by atoms with Gasteiger partial charge in [0.1, 0.15) is 12.4 Å². The SMILES string of the molecule is COc1cc(/C=N/NC(=O)Cc2ccc(F)cc2)cc(Cl)c1OCc1ccc2ccccc2c1. The zero-order valence-corrected chi connectivity index (χ0v) is 19.2. The second-order valence-corrected chi connectivity index (χ2v) is 8.01. The highest BCUT2D eigenvalue weighted by Gasteiger charge is 2.12. The lowest BCUT2D eigenvalue weighted by Gasteiger charge is -2.13. The molecule has 0 saturated heterocycles. The number of nitrogens with zero attached hydrogens (tertiary/aromatic N) is 1. The first-order valence-electron chi connectivity index (χ1n) is 10.6. The van der Waals surface area contributed by atoms with Gasteiger partial charge in [0.25, 0.3) is 0 Å². The normalized spacial score (nSPS) is 11.0. The zero-order chi connectivity index (χ0) is 23.9. The monoisotopic (exact) mass is 476 g/mol. The van der Waals surface area contributed by atoms with Crippen molar-refractivity contribution >= 4 is 34.5 Å². The Morgan fingerprint density at radius 3 is 2.50 bits per heavy atom. The van der Waals surface area contributed by atoms with Crippen molar-refractivity contribution in [1.82, 2.24) is 5.43 Å². The van der Waals surface area contributed by atoms with Crippen molar-refractivity contribution in [1.29, 1.82) is 0 Å². The highest BCUT2D eigenvalue weighted by molar-refractivity contribution is 6.32. The molecule has 0 fully saturated rings. The molecule has 34 heavy (non-hydrogen) atoms. The number of rotatable bonds is 8. The van der Waals surface area contributed by atoms with E-state index in [4.69, 9.17) is 21.1 Å². The average Bonchev–Trinajstić information content (AvgIpc) is 2.84. The number of carbonyl (C=O) groups is 1. The Labute approximate surface area is 201 Å². The molecule has 1 amide bonds. The summed E-state index contributed by atoms with van der Waals surface area (Å²) >= 11 is 6.45. The zero-order valence-electron chi connectivity index (χ0n) is 18.4. The van der Waals surface area contributed by atoms with Crippen LogP contribution in [0.25, 0.3) is 10.8 Å². The average molecular weight is 477 g/mol. The molecular weight excluding hydrogens is 455 g/mol. The van der Waals surface area contributed by atoms with E-state index < -0.39 is 0 Å². The Kier molecular flexibility index (Phi) is 7.40. The van der Waals surface area contributed by atoms with Crippen molar-refractivity contribution in [3.05, 3.63) is 106 Å². The van der Waals surface area contributed by atoms with Gasteiger partial charge in [-0.1, -0.05) is 60.1 Å². The van der Waals surface area contributed by atoms with Gasteiger partial charge in [-0.2, -0.15) is 5.10 Å². The molecule has 1 N–H and O–H groups in total. The van der Waals surface area contributed by atoms with Crippen LogP contribution < -0.4 is 14.9 Å². The van der Waals surface area contributed by atoms with Crippen LogP contribution in [0.4, 0.5) is 4.39 Å². The van der Waals surface area contributed by atoms with Crippen LogP contribution in [0.2, 0.25) is 5.02 Å². The minimum atomic E-state index is -0.349. The van der Waals surface area contributed by atoms with E-state index in [1.54, 1.807) is 24.3 Å². The first-order chi connectivity index (χ1) is 16.5. The molecule has 4 rings (SSSR count). The lowest BCUT2D eigenvalue weighted by atomic mass is 10.1. The number of fused-ring (bicyclic) bond motifs is 1. The summed E-state index contributed by atoms with van der Waals surface area (Å²) < 4.78 is 24.4. The van der Waals surface area contributed by atoms with Crippen molar-refractivity contribution in [2.24, 2.45) is 5.10 Å². The predicted molar refractivity (Wildman–Crippen MR) is 132 cm³/mol. The summed E-state index contributed by atoms with van der Waals surface area (Å²) in [5.74, 6) is 0.205. The van der Waals surface area contributed by atoms with E-state index in [1.165, 1.54) is 25.5 Å². The third-order valence-corrected chi connectivity index (χ3v) is 5.41. The van der Waals surface area contributed by atoms with Gasteiger partial charge in [0.05, 0.1) is 24.8 Å². The summed E-state index contributed by atoms with van der Waals surface area (Å²) in [6.07, 6.45) is 1.55. The van der Waals surface area contributed by atoms with Gasteiger partial charge in [-0.15, -0.1) is 0 Å². The van der Waals surface area contributed by atoms with Crippen molar-refractivity contribution in [2.45, 2.75) is 13.0 Å². The van der Waals surface area contributed by atoms with E-state index in [9.17, 15) is 9.18 Å². The fraction of sp³-hybridized carbons (Fsp3) is 0.111. The van der Waals surface area contributed by atoms with Crippen LogP contribution in [0.1, 0.15) is 16.7 Å². The van der Waals surface area contributed by atoms with Crippen LogP contribution in [0.5, 0.6) is 11.5 Å². The third-order valence-electron chi connectivity index (χ3n) is 5.13. The van der Waals surface area contributed by atoms with Gasteiger partial charge >= 0.3 is 0 Å². The van der Waals surface area contributed by atoms with Gasteiger partial charge < -0.3 is 9.47 Å². The quantitative estimate of drug-likeness (QED) is 0.254. The molecule has 0 aliphatic carbocycles. The number of hydrazone groups is 1. The van der Waals surface area contributed by atoms with Crippen molar-refractivity contribution in [3.63, 3.8) is 0 Å². The van der Waals surface area contributed by atoms with E-state index in [-0.39, 0.29) is 18.1 Å². The number of amides is 1. The number of methoxy groups -OCH3 is 1. The minimum Gasteiger partial charge on any atom is -0.493 e. The molecule has 0 bridgehead atoms. The Hall–Kier alpha value is -3.90. The van der Waals surface area contributed by atoms with Crippen molar-refractivity contribution in [2.75, 3.05) is 7.11 Å². The lowest BCUT2D eigenvalue weighted by Crippen LogP contribution is -2.19. The second-order valence-electron chi connectivity index (χ2n) is 7.60. The summed E-state index contributed by atoms with van der Waals surface area (Å²) in [6.45, 7) is 0.327. The van der Waals surface area contributed by atoms with Crippen LogP contribution in [-0.4, -0.2) is 19.2 Å². The molecule has 0 saturated carbocycles. The van der Waals surface area contributed by atoms with Gasteiger partial charge in [-0.3, -0.25) is 4.79 Å². The Morgan fingerprint density at radius 2 is 1.74 bits per heavy atom.